The topological polar surface area (TPSA) is 55.4 Å². The van der Waals surface area contributed by atoms with Gasteiger partial charge in [0.2, 0.25) is 0 Å². The first-order valence-electron chi connectivity index (χ1n) is 7.09. The zero-order valence-electron chi connectivity index (χ0n) is 10.7. The summed E-state index contributed by atoms with van der Waals surface area (Å²) in [5.41, 5.74) is 3.12. The highest BCUT2D eigenvalue weighted by atomic mass is 16.7. The number of carbonyl (C=O) groups is 2. The van der Waals surface area contributed by atoms with Crippen LogP contribution in [0.4, 0.5) is 0 Å². The fourth-order valence-corrected chi connectivity index (χ4v) is 4.63. The number of rotatable bonds is 5. The molecule has 0 aliphatic heterocycles. The van der Waals surface area contributed by atoms with Gasteiger partial charge in [-0.3, -0.25) is 4.79 Å². The summed E-state index contributed by atoms with van der Waals surface area (Å²) >= 11 is 0. The van der Waals surface area contributed by atoms with Crippen LogP contribution in [0.5, 0.6) is 0 Å². The molecule has 1 N–H and O–H groups in total. The summed E-state index contributed by atoms with van der Waals surface area (Å²) in [4.78, 5) is 26.8. The van der Waals surface area contributed by atoms with Gasteiger partial charge in [-0.2, -0.15) is 0 Å². The van der Waals surface area contributed by atoms with E-state index in [-0.39, 0.29) is 24.3 Å². The number of hydroxylamine groups is 1. The lowest BCUT2D eigenvalue weighted by Gasteiger charge is -2.56. The van der Waals surface area contributed by atoms with Crippen LogP contribution in [0.1, 0.15) is 51.4 Å². The second-order valence-electron chi connectivity index (χ2n) is 6.48. The van der Waals surface area contributed by atoms with E-state index in [1.54, 1.807) is 0 Å². The molecule has 18 heavy (non-hydrogen) atoms. The van der Waals surface area contributed by atoms with Gasteiger partial charge in [0.25, 0.3) is 0 Å². The maximum Gasteiger partial charge on any atom is 0.325 e. The molecule has 0 atom stereocenters. The number of hydrogen-bond donors (Lipinski definition) is 1. The average Bonchev–Trinajstić information content (AvgIpc) is 2.32. The van der Waals surface area contributed by atoms with Gasteiger partial charge < -0.3 is 9.63 Å². The van der Waals surface area contributed by atoms with Crippen molar-refractivity contribution in [3.8, 4) is 0 Å². The Morgan fingerprint density at radius 2 is 1.72 bits per heavy atom. The second kappa shape index (κ2) is 4.65. The zero-order valence-corrected chi connectivity index (χ0v) is 10.7. The molecule has 4 bridgehead atoms. The molecule has 4 aliphatic carbocycles. The largest absolute Gasteiger partial charge is 0.370 e. The average molecular weight is 251 g/mol. The van der Waals surface area contributed by atoms with Gasteiger partial charge in [0.05, 0.1) is 12.0 Å². The van der Waals surface area contributed by atoms with E-state index in [0.29, 0.717) is 0 Å². The number of aldehydes is 1. The molecule has 0 saturated heterocycles. The van der Waals surface area contributed by atoms with Crippen molar-refractivity contribution in [2.45, 2.75) is 56.9 Å². The van der Waals surface area contributed by atoms with Crippen LogP contribution < -0.4 is 5.48 Å². The van der Waals surface area contributed by atoms with E-state index in [9.17, 15) is 9.59 Å². The molecule has 4 fully saturated rings. The minimum atomic E-state index is -0.308. The van der Waals surface area contributed by atoms with Crippen molar-refractivity contribution in [3.63, 3.8) is 0 Å². The van der Waals surface area contributed by atoms with Gasteiger partial charge in [-0.25, -0.2) is 0 Å². The number of carbonyl (C=O) groups excluding carboxylic acids is 2. The SMILES string of the molecule is O=CCCC(=O)ONC12CC3CC(CC(C3)C1)C2. The third-order valence-electron chi connectivity index (χ3n) is 4.89. The Hall–Kier alpha value is -0.900. The minimum absolute atomic E-state index is 0.0472. The molecule has 0 spiro atoms. The molecule has 0 aromatic heterocycles. The molecule has 0 unspecified atom stereocenters. The lowest BCUT2D eigenvalue weighted by atomic mass is 9.53. The van der Waals surface area contributed by atoms with Crippen LogP contribution in [-0.2, 0) is 14.4 Å². The maximum atomic E-state index is 11.5. The van der Waals surface area contributed by atoms with Crippen molar-refractivity contribution in [1.82, 2.24) is 5.48 Å². The van der Waals surface area contributed by atoms with E-state index >= 15 is 0 Å². The Morgan fingerprint density at radius 1 is 1.17 bits per heavy atom. The molecule has 0 aromatic rings. The highest BCUT2D eigenvalue weighted by Crippen LogP contribution is 2.55. The molecular weight excluding hydrogens is 230 g/mol. The maximum absolute atomic E-state index is 11.5. The van der Waals surface area contributed by atoms with Crippen LogP contribution in [0.3, 0.4) is 0 Å². The van der Waals surface area contributed by atoms with Crippen LogP contribution in [0.15, 0.2) is 0 Å². The third-order valence-corrected chi connectivity index (χ3v) is 4.89. The molecule has 4 aliphatic rings. The van der Waals surface area contributed by atoms with E-state index in [2.05, 4.69) is 5.48 Å². The fourth-order valence-electron chi connectivity index (χ4n) is 4.63. The highest BCUT2D eigenvalue weighted by Gasteiger charge is 2.51. The van der Waals surface area contributed by atoms with Gasteiger partial charge in [-0.1, -0.05) is 0 Å². The van der Waals surface area contributed by atoms with Crippen molar-refractivity contribution in [2.24, 2.45) is 17.8 Å². The second-order valence-corrected chi connectivity index (χ2v) is 6.48. The highest BCUT2D eigenvalue weighted by molar-refractivity contribution is 5.72. The van der Waals surface area contributed by atoms with Crippen molar-refractivity contribution in [1.29, 1.82) is 0 Å². The lowest BCUT2D eigenvalue weighted by molar-refractivity contribution is -0.166. The summed E-state index contributed by atoms with van der Waals surface area (Å²) in [5, 5.41) is 0. The van der Waals surface area contributed by atoms with E-state index in [4.69, 9.17) is 4.84 Å². The Balaban J connectivity index is 1.56. The van der Waals surface area contributed by atoms with E-state index in [1.807, 2.05) is 0 Å². The van der Waals surface area contributed by atoms with Crippen LogP contribution in [0.2, 0.25) is 0 Å². The van der Waals surface area contributed by atoms with E-state index < -0.39 is 0 Å². The quantitative estimate of drug-likeness (QED) is 0.599. The zero-order chi connectivity index (χ0) is 12.6. The van der Waals surface area contributed by atoms with Gasteiger partial charge in [0, 0.05) is 6.42 Å². The molecule has 0 amide bonds. The van der Waals surface area contributed by atoms with Crippen LogP contribution >= 0.6 is 0 Å². The van der Waals surface area contributed by atoms with Gasteiger partial charge in [-0.15, -0.1) is 5.48 Å². The summed E-state index contributed by atoms with van der Waals surface area (Å²) in [6, 6.07) is 0. The third kappa shape index (κ3) is 2.30. The summed E-state index contributed by atoms with van der Waals surface area (Å²) in [6.45, 7) is 0. The molecule has 4 saturated carbocycles. The molecule has 0 aromatic carbocycles. The number of nitrogens with one attached hydrogen (secondary N) is 1. The van der Waals surface area contributed by atoms with Gasteiger partial charge in [0.1, 0.15) is 6.29 Å². The monoisotopic (exact) mass is 251 g/mol. The summed E-state index contributed by atoms with van der Waals surface area (Å²) < 4.78 is 0. The molecule has 0 heterocycles. The molecular formula is C14H21NO3. The minimum Gasteiger partial charge on any atom is -0.370 e. The van der Waals surface area contributed by atoms with Crippen LogP contribution in [0, 0.1) is 17.8 Å². The normalized spacial score (nSPS) is 40.8. The number of hydrogen-bond acceptors (Lipinski definition) is 4. The summed E-state index contributed by atoms with van der Waals surface area (Å²) in [6.07, 6.45) is 8.77. The predicted molar refractivity (Wildman–Crippen MR) is 65.4 cm³/mol. The Kier molecular flexibility index (Phi) is 3.14. The smallest absolute Gasteiger partial charge is 0.325 e. The molecule has 4 heteroatoms. The Morgan fingerprint density at radius 3 is 2.22 bits per heavy atom. The fraction of sp³-hybridized carbons (Fsp3) is 0.857. The van der Waals surface area contributed by atoms with Crippen LogP contribution in [0.25, 0.3) is 0 Å². The summed E-state index contributed by atoms with van der Waals surface area (Å²) in [5.74, 6) is 2.19. The Labute approximate surface area is 107 Å². The Bertz CT molecular complexity index is 318. The van der Waals surface area contributed by atoms with Crippen molar-refractivity contribution >= 4 is 12.3 Å². The van der Waals surface area contributed by atoms with E-state index in [0.717, 1.165) is 43.3 Å². The summed E-state index contributed by atoms with van der Waals surface area (Å²) in [7, 11) is 0. The van der Waals surface area contributed by atoms with Gasteiger partial charge in [-0.05, 0) is 56.3 Å². The van der Waals surface area contributed by atoms with E-state index in [1.165, 1.54) is 19.3 Å². The molecule has 0 radical (unpaired) electrons. The molecule has 100 valence electrons. The first kappa shape index (κ1) is 12.2. The first-order valence-corrected chi connectivity index (χ1v) is 7.09. The van der Waals surface area contributed by atoms with Crippen molar-refractivity contribution < 1.29 is 14.4 Å². The van der Waals surface area contributed by atoms with Gasteiger partial charge >= 0.3 is 5.97 Å². The van der Waals surface area contributed by atoms with Gasteiger partial charge in [0.15, 0.2) is 0 Å². The van der Waals surface area contributed by atoms with Crippen LogP contribution in [-0.4, -0.2) is 17.8 Å². The standard InChI is InChI=1S/C14H21NO3/c16-3-1-2-13(17)18-15-14-7-10-4-11(8-14)6-12(5-10)9-14/h3,10-12,15H,1-2,4-9H2. The van der Waals surface area contributed by atoms with Crippen molar-refractivity contribution in [3.05, 3.63) is 0 Å². The van der Waals surface area contributed by atoms with Crippen molar-refractivity contribution in [2.75, 3.05) is 0 Å². The predicted octanol–water partition coefficient (Wildman–Crippen LogP) is 1.98. The molecule has 4 nitrogen and oxygen atoms in total. The first-order chi connectivity index (χ1) is 8.69. The molecule has 4 rings (SSSR count). The lowest BCUT2D eigenvalue weighted by Crippen LogP contribution is -2.58.